The van der Waals surface area contributed by atoms with E-state index in [9.17, 15) is 5.11 Å². The Labute approximate surface area is 85.7 Å². The third-order valence-electron chi connectivity index (χ3n) is 1.48. The first kappa shape index (κ1) is 13.2. The molecule has 0 saturated heterocycles. The number of hydrogen-bond donors (Lipinski definition) is 1. The number of terminal acetylenes is 1. The molecule has 3 heteroatoms. The number of rotatable bonds is 9. The Balaban J connectivity index is 3.15. The molecule has 0 aromatic heterocycles. The van der Waals surface area contributed by atoms with Crippen LogP contribution < -0.4 is 0 Å². The van der Waals surface area contributed by atoms with Gasteiger partial charge in [-0.25, -0.2) is 0 Å². The molecule has 0 aliphatic carbocycles. The lowest BCUT2D eigenvalue weighted by Gasteiger charge is -2.10. The van der Waals surface area contributed by atoms with Crippen LogP contribution >= 0.6 is 0 Å². The average Bonchev–Trinajstić information content (AvgIpc) is 2.19. The molecule has 0 aliphatic heterocycles. The normalized spacial score (nSPS) is 12.0. The smallest absolute Gasteiger partial charge is 0.101 e. The number of ether oxygens (including phenoxy) is 2. The first-order valence-electron chi connectivity index (χ1n) is 4.69. The summed E-state index contributed by atoms with van der Waals surface area (Å²) in [5.74, 6) is 2.45. The van der Waals surface area contributed by atoms with E-state index in [0.29, 0.717) is 26.2 Å². The van der Waals surface area contributed by atoms with E-state index in [-0.39, 0.29) is 6.61 Å². The highest BCUT2D eigenvalue weighted by atomic mass is 16.5. The summed E-state index contributed by atoms with van der Waals surface area (Å²) < 4.78 is 10.3. The second-order valence-corrected chi connectivity index (χ2v) is 2.84. The zero-order chi connectivity index (χ0) is 10.6. The zero-order valence-electron chi connectivity index (χ0n) is 8.45. The lowest BCUT2D eigenvalue weighted by Crippen LogP contribution is -2.22. The van der Waals surface area contributed by atoms with Gasteiger partial charge in [-0.05, 0) is 6.42 Å². The number of hydrogen-bond acceptors (Lipinski definition) is 3. The molecule has 1 atom stereocenters. The highest BCUT2D eigenvalue weighted by Crippen LogP contribution is 1.91. The first-order chi connectivity index (χ1) is 6.81. The Kier molecular flexibility index (Phi) is 9.66. The second-order valence-electron chi connectivity index (χ2n) is 2.84. The van der Waals surface area contributed by atoms with Crippen molar-refractivity contribution in [3.05, 3.63) is 12.7 Å². The summed E-state index contributed by atoms with van der Waals surface area (Å²) in [6.45, 7) is 5.21. The van der Waals surface area contributed by atoms with Gasteiger partial charge in [-0.1, -0.05) is 6.08 Å². The molecule has 0 aromatic carbocycles. The van der Waals surface area contributed by atoms with Crippen molar-refractivity contribution < 1.29 is 14.6 Å². The molecule has 1 N–H and O–H groups in total. The molecule has 0 heterocycles. The Morgan fingerprint density at radius 1 is 1.36 bits per heavy atom. The van der Waals surface area contributed by atoms with E-state index < -0.39 is 6.10 Å². The highest BCUT2D eigenvalue weighted by molar-refractivity contribution is 4.82. The summed E-state index contributed by atoms with van der Waals surface area (Å²) in [6.07, 6.45) is 7.60. The Bertz CT molecular complexity index is 172. The van der Waals surface area contributed by atoms with Crippen LogP contribution in [0.5, 0.6) is 0 Å². The topological polar surface area (TPSA) is 38.7 Å². The van der Waals surface area contributed by atoms with E-state index in [1.54, 1.807) is 6.08 Å². The summed E-state index contributed by atoms with van der Waals surface area (Å²) >= 11 is 0. The van der Waals surface area contributed by atoms with Crippen LogP contribution in [0.2, 0.25) is 0 Å². The van der Waals surface area contributed by atoms with Gasteiger partial charge in [0.25, 0.3) is 0 Å². The maximum absolute atomic E-state index is 9.32. The van der Waals surface area contributed by atoms with E-state index in [1.165, 1.54) is 0 Å². The maximum Gasteiger partial charge on any atom is 0.101 e. The summed E-state index contributed by atoms with van der Waals surface area (Å²) in [7, 11) is 0. The van der Waals surface area contributed by atoms with Crippen LogP contribution in [-0.4, -0.2) is 37.6 Å². The van der Waals surface area contributed by atoms with Crippen molar-refractivity contribution in [1.29, 1.82) is 0 Å². The van der Waals surface area contributed by atoms with Crippen LogP contribution in [0.3, 0.4) is 0 Å². The van der Waals surface area contributed by atoms with Crippen molar-refractivity contribution in [2.24, 2.45) is 0 Å². The SMILES string of the molecule is C#CCCOCC(O)COCCC=C. The van der Waals surface area contributed by atoms with Gasteiger partial charge in [0.2, 0.25) is 0 Å². The third-order valence-corrected chi connectivity index (χ3v) is 1.48. The highest BCUT2D eigenvalue weighted by Gasteiger charge is 2.03. The Morgan fingerprint density at radius 3 is 2.57 bits per heavy atom. The van der Waals surface area contributed by atoms with Crippen molar-refractivity contribution >= 4 is 0 Å². The molecule has 1 unspecified atom stereocenters. The van der Waals surface area contributed by atoms with Gasteiger partial charge in [0.1, 0.15) is 6.10 Å². The minimum Gasteiger partial charge on any atom is -0.388 e. The largest absolute Gasteiger partial charge is 0.388 e. The fourth-order valence-corrected chi connectivity index (χ4v) is 0.785. The molecule has 0 saturated carbocycles. The van der Waals surface area contributed by atoms with Gasteiger partial charge in [-0.15, -0.1) is 18.9 Å². The van der Waals surface area contributed by atoms with Gasteiger partial charge in [-0.3, -0.25) is 0 Å². The molecule has 3 nitrogen and oxygen atoms in total. The summed E-state index contributed by atoms with van der Waals surface area (Å²) in [5.41, 5.74) is 0. The van der Waals surface area contributed by atoms with Crippen LogP contribution in [0.25, 0.3) is 0 Å². The van der Waals surface area contributed by atoms with E-state index in [1.807, 2.05) is 0 Å². The van der Waals surface area contributed by atoms with Crippen LogP contribution in [0.1, 0.15) is 12.8 Å². The number of aliphatic hydroxyl groups is 1. The van der Waals surface area contributed by atoms with Crippen LogP contribution in [0.4, 0.5) is 0 Å². The summed E-state index contributed by atoms with van der Waals surface area (Å²) in [6, 6.07) is 0. The molecule has 0 amide bonds. The molecule has 0 bridgehead atoms. The van der Waals surface area contributed by atoms with Crippen molar-refractivity contribution in [2.75, 3.05) is 26.4 Å². The summed E-state index contributed by atoms with van der Waals surface area (Å²) in [4.78, 5) is 0. The predicted octanol–water partition coefficient (Wildman–Crippen LogP) is 0.980. The lowest BCUT2D eigenvalue weighted by molar-refractivity contribution is -0.0166. The monoisotopic (exact) mass is 198 g/mol. The average molecular weight is 198 g/mol. The van der Waals surface area contributed by atoms with Crippen LogP contribution in [-0.2, 0) is 9.47 Å². The molecule has 0 aliphatic rings. The molecule has 0 rings (SSSR count). The molecule has 0 spiro atoms. The van der Waals surface area contributed by atoms with E-state index in [4.69, 9.17) is 15.9 Å². The van der Waals surface area contributed by atoms with E-state index >= 15 is 0 Å². The summed E-state index contributed by atoms with van der Waals surface area (Å²) in [5, 5.41) is 9.32. The van der Waals surface area contributed by atoms with Crippen LogP contribution in [0, 0.1) is 12.3 Å². The van der Waals surface area contributed by atoms with Crippen molar-refractivity contribution in [3.8, 4) is 12.3 Å². The Hall–Kier alpha value is -0.820. The van der Waals surface area contributed by atoms with Gasteiger partial charge in [0.05, 0.1) is 26.4 Å². The third kappa shape index (κ3) is 9.27. The number of aliphatic hydroxyl groups excluding tert-OH is 1. The van der Waals surface area contributed by atoms with Crippen molar-refractivity contribution in [3.63, 3.8) is 0 Å². The molecule has 0 radical (unpaired) electrons. The van der Waals surface area contributed by atoms with Gasteiger partial charge in [-0.2, -0.15) is 0 Å². The van der Waals surface area contributed by atoms with Gasteiger partial charge >= 0.3 is 0 Å². The minimum absolute atomic E-state index is 0.274. The lowest BCUT2D eigenvalue weighted by atomic mass is 10.4. The molecular weight excluding hydrogens is 180 g/mol. The quantitative estimate of drug-likeness (QED) is 0.341. The van der Waals surface area contributed by atoms with Gasteiger partial charge in [0, 0.05) is 6.42 Å². The van der Waals surface area contributed by atoms with E-state index in [2.05, 4.69) is 12.5 Å². The van der Waals surface area contributed by atoms with E-state index in [0.717, 1.165) is 6.42 Å². The molecule has 14 heavy (non-hydrogen) atoms. The fourth-order valence-electron chi connectivity index (χ4n) is 0.785. The van der Waals surface area contributed by atoms with Crippen molar-refractivity contribution in [1.82, 2.24) is 0 Å². The fraction of sp³-hybridized carbons (Fsp3) is 0.636. The standard InChI is InChI=1S/C11H18O3/c1-3-5-7-13-9-11(12)10-14-8-6-4-2/h1,4,11-12H,2,5-10H2. The molecule has 0 aromatic rings. The first-order valence-corrected chi connectivity index (χ1v) is 4.69. The van der Waals surface area contributed by atoms with Gasteiger partial charge < -0.3 is 14.6 Å². The minimum atomic E-state index is -0.572. The second kappa shape index (κ2) is 10.3. The zero-order valence-corrected chi connectivity index (χ0v) is 8.45. The molecule has 0 fully saturated rings. The molecular formula is C11H18O3. The van der Waals surface area contributed by atoms with Crippen LogP contribution in [0.15, 0.2) is 12.7 Å². The molecule has 80 valence electrons. The maximum atomic E-state index is 9.32. The van der Waals surface area contributed by atoms with Gasteiger partial charge in [0.15, 0.2) is 0 Å². The predicted molar refractivity (Wildman–Crippen MR) is 55.9 cm³/mol. The Morgan fingerprint density at radius 2 is 2.00 bits per heavy atom. The van der Waals surface area contributed by atoms with Crippen molar-refractivity contribution in [2.45, 2.75) is 18.9 Å².